The van der Waals surface area contributed by atoms with Gasteiger partial charge in [0, 0.05) is 13.1 Å². The average Bonchev–Trinajstić information content (AvgIpc) is 3.20. The van der Waals surface area contributed by atoms with E-state index in [0.717, 1.165) is 31.2 Å². The number of hydrogen-bond acceptors (Lipinski definition) is 5. The van der Waals surface area contributed by atoms with Crippen molar-refractivity contribution in [2.24, 2.45) is 0 Å². The first-order valence-corrected chi connectivity index (χ1v) is 8.58. The quantitative estimate of drug-likeness (QED) is 0.853. The monoisotopic (exact) mass is 321 g/mol. The molecule has 0 saturated carbocycles. The number of morpholine rings is 1. The van der Waals surface area contributed by atoms with Gasteiger partial charge in [-0.1, -0.05) is 0 Å². The Balaban J connectivity index is 1.63. The van der Waals surface area contributed by atoms with Crippen LogP contribution in [0.4, 0.5) is 0 Å². The van der Waals surface area contributed by atoms with Crippen molar-refractivity contribution < 1.29 is 13.9 Å². The Kier molecular flexibility index (Phi) is 5.35. The molecule has 1 aromatic rings. The molecule has 128 valence electrons. The first-order chi connectivity index (χ1) is 11.1. The number of amides is 1. The number of rotatable bonds is 5. The number of nitrogens with zero attached hydrogens (tertiary/aromatic N) is 1. The first-order valence-electron chi connectivity index (χ1n) is 8.58. The number of ether oxygens (including phenoxy) is 1. The highest BCUT2D eigenvalue weighted by molar-refractivity contribution is 5.82. The van der Waals surface area contributed by atoms with Crippen molar-refractivity contribution in [3.05, 3.63) is 23.7 Å². The number of carbonyl (C=O) groups excluding carboxylic acids is 1. The number of likely N-dealkylation sites (tertiary alicyclic amines) is 1. The third-order valence-electron chi connectivity index (χ3n) is 4.74. The maximum atomic E-state index is 12.5. The highest BCUT2D eigenvalue weighted by Crippen LogP contribution is 2.26. The summed E-state index contributed by atoms with van der Waals surface area (Å²) in [6.07, 6.45) is 2.32. The van der Waals surface area contributed by atoms with Gasteiger partial charge in [0.15, 0.2) is 0 Å². The van der Waals surface area contributed by atoms with E-state index in [1.54, 1.807) is 0 Å². The average molecular weight is 321 g/mol. The summed E-state index contributed by atoms with van der Waals surface area (Å²) >= 11 is 0. The molecule has 0 aliphatic carbocycles. The lowest BCUT2D eigenvalue weighted by atomic mass is 10.1. The van der Waals surface area contributed by atoms with Crippen molar-refractivity contribution in [2.75, 3.05) is 32.8 Å². The highest BCUT2D eigenvalue weighted by Gasteiger charge is 2.31. The van der Waals surface area contributed by atoms with Crippen molar-refractivity contribution in [3.63, 3.8) is 0 Å². The minimum Gasteiger partial charge on any atom is -0.465 e. The van der Waals surface area contributed by atoms with Crippen LogP contribution >= 0.6 is 0 Å². The van der Waals surface area contributed by atoms with E-state index in [9.17, 15) is 4.79 Å². The van der Waals surface area contributed by atoms with Crippen LogP contribution in [0.5, 0.6) is 0 Å². The Morgan fingerprint density at radius 2 is 2.22 bits per heavy atom. The smallest absolute Gasteiger partial charge is 0.239 e. The molecule has 0 bridgehead atoms. The fraction of sp³-hybridized carbons (Fsp3) is 0.706. The zero-order valence-electron chi connectivity index (χ0n) is 14.0. The normalized spacial score (nSPS) is 27.0. The van der Waals surface area contributed by atoms with Crippen molar-refractivity contribution in [1.82, 2.24) is 15.5 Å². The molecule has 0 aromatic carbocycles. The van der Waals surface area contributed by atoms with Gasteiger partial charge < -0.3 is 19.8 Å². The Morgan fingerprint density at radius 3 is 2.87 bits per heavy atom. The summed E-state index contributed by atoms with van der Waals surface area (Å²) in [7, 11) is 0. The molecular weight excluding hydrogens is 294 g/mol. The molecule has 2 aliphatic rings. The molecule has 1 unspecified atom stereocenters. The SMILES string of the molecule is Cc1ccc(C(CNC(=O)[C@H]2NCCO[C@@H]2C)N2CCCC2)o1. The van der Waals surface area contributed by atoms with E-state index >= 15 is 0 Å². The minimum atomic E-state index is -0.277. The van der Waals surface area contributed by atoms with Crippen LogP contribution in [0.25, 0.3) is 0 Å². The fourth-order valence-corrected chi connectivity index (χ4v) is 3.43. The minimum absolute atomic E-state index is 0.00433. The summed E-state index contributed by atoms with van der Waals surface area (Å²) in [4.78, 5) is 14.9. The van der Waals surface area contributed by atoms with Crippen molar-refractivity contribution in [3.8, 4) is 0 Å². The molecule has 3 rings (SSSR count). The first kappa shape index (κ1) is 16.5. The van der Waals surface area contributed by atoms with E-state index in [4.69, 9.17) is 9.15 Å². The van der Waals surface area contributed by atoms with Crippen molar-refractivity contribution in [1.29, 1.82) is 0 Å². The molecule has 0 spiro atoms. The summed E-state index contributed by atoms with van der Waals surface area (Å²) in [5.74, 6) is 1.85. The predicted octanol–water partition coefficient (Wildman–Crippen LogP) is 1.22. The predicted molar refractivity (Wildman–Crippen MR) is 87.2 cm³/mol. The largest absolute Gasteiger partial charge is 0.465 e. The van der Waals surface area contributed by atoms with Gasteiger partial charge in [-0.3, -0.25) is 9.69 Å². The van der Waals surface area contributed by atoms with Gasteiger partial charge >= 0.3 is 0 Å². The molecule has 2 N–H and O–H groups in total. The van der Waals surface area contributed by atoms with Crippen LogP contribution in [0.2, 0.25) is 0 Å². The third-order valence-corrected chi connectivity index (χ3v) is 4.74. The molecule has 23 heavy (non-hydrogen) atoms. The summed E-state index contributed by atoms with van der Waals surface area (Å²) in [5, 5.41) is 6.32. The Hall–Kier alpha value is -1.37. The van der Waals surface area contributed by atoms with Gasteiger partial charge in [-0.2, -0.15) is 0 Å². The summed E-state index contributed by atoms with van der Waals surface area (Å²) in [6, 6.07) is 3.84. The number of aryl methyl sites for hydroxylation is 1. The van der Waals surface area contributed by atoms with Gasteiger partial charge in [-0.15, -0.1) is 0 Å². The molecule has 6 nitrogen and oxygen atoms in total. The number of furan rings is 1. The standard InChI is InChI=1S/C17H27N3O3/c1-12-5-6-15(23-12)14(20-8-3-4-9-20)11-19-17(21)16-13(2)22-10-7-18-16/h5-6,13-14,16,18H,3-4,7-11H2,1-2H3,(H,19,21)/t13-,14?,16+/m1/s1. The molecule has 3 heterocycles. The third kappa shape index (κ3) is 3.94. The molecule has 3 atom stereocenters. The zero-order chi connectivity index (χ0) is 16.2. The molecule has 2 fully saturated rings. The van der Waals surface area contributed by atoms with E-state index in [1.165, 1.54) is 12.8 Å². The molecular formula is C17H27N3O3. The summed E-state index contributed by atoms with van der Waals surface area (Å²) < 4.78 is 11.4. The molecule has 2 saturated heterocycles. The van der Waals surface area contributed by atoms with Gasteiger partial charge in [-0.25, -0.2) is 0 Å². The topological polar surface area (TPSA) is 66.7 Å². The second kappa shape index (κ2) is 7.47. The number of hydrogen-bond donors (Lipinski definition) is 2. The number of nitrogens with one attached hydrogen (secondary N) is 2. The van der Waals surface area contributed by atoms with E-state index < -0.39 is 0 Å². The second-order valence-electron chi connectivity index (χ2n) is 6.46. The molecule has 6 heteroatoms. The van der Waals surface area contributed by atoms with Crippen LogP contribution in [0.1, 0.15) is 37.3 Å². The van der Waals surface area contributed by atoms with Gasteiger partial charge in [0.2, 0.25) is 5.91 Å². The Morgan fingerprint density at radius 1 is 1.43 bits per heavy atom. The summed E-state index contributed by atoms with van der Waals surface area (Å²) in [6.45, 7) is 7.94. The van der Waals surface area contributed by atoms with Crippen LogP contribution in [0.3, 0.4) is 0 Å². The van der Waals surface area contributed by atoms with Crippen LogP contribution < -0.4 is 10.6 Å². The van der Waals surface area contributed by atoms with Crippen molar-refractivity contribution in [2.45, 2.75) is 44.9 Å². The zero-order valence-corrected chi connectivity index (χ0v) is 14.0. The van der Waals surface area contributed by atoms with Crippen LogP contribution in [0, 0.1) is 6.92 Å². The van der Waals surface area contributed by atoms with Gasteiger partial charge in [0.1, 0.15) is 17.6 Å². The van der Waals surface area contributed by atoms with E-state index in [1.807, 2.05) is 26.0 Å². The number of carbonyl (C=O) groups is 1. The molecule has 1 aromatic heterocycles. The van der Waals surface area contributed by atoms with E-state index in [2.05, 4.69) is 15.5 Å². The maximum Gasteiger partial charge on any atom is 0.239 e. The van der Waals surface area contributed by atoms with Crippen molar-refractivity contribution >= 4 is 5.91 Å². The molecule has 0 radical (unpaired) electrons. The van der Waals surface area contributed by atoms with Gasteiger partial charge in [0.25, 0.3) is 0 Å². The van der Waals surface area contributed by atoms with E-state index in [0.29, 0.717) is 13.2 Å². The van der Waals surface area contributed by atoms with Crippen LogP contribution in [-0.2, 0) is 9.53 Å². The lowest BCUT2D eigenvalue weighted by Gasteiger charge is -2.31. The highest BCUT2D eigenvalue weighted by atomic mass is 16.5. The van der Waals surface area contributed by atoms with Gasteiger partial charge in [0.05, 0.1) is 18.8 Å². The fourth-order valence-electron chi connectivity index (χ4n) is 3.43. The van der Waals surface area contributed by atoms with Crippen LogP contribution in [-0.4, -0.2) is 55.7 Å². The molecule has 1 amide bonds. The molecule has 2 aliphatic heterocycles. The Bertz CT molecular complexity index is 525. The second-order valence-corrected chi connectivity index (χ2v) is 6.46. The van der Waals surface area contributed by atoms with Crippen LogP contribution in [0.15, 0.2) is 16.5 Å². The lowest BCUT2D eigenvalue weighted by Crippen LogP contribution is -2.56. The van der Waals surface area contributed by atoms with Gasteiger partial charge in [-0.05, 0) is 51.9 Å². The summed E-state index contributed by atoms with van der Waals surface area (Å²) in [5.41, 5.74) is 0. The van der Waals surface area contributed by atoms with E-state index in [-0.39, 0.29) is 24.1 Å². The Labute approximate surface area is 137 Å². The lowest BCUT2D eigenvalue weighted by molar-refractivity contribution is -0.129. The maximum absolute atomic E-state index is 12.5.